The average molecular weight is 596 g/mol. The highest BCUT2D eigenvalue weighted by Gasteiger charge is 2.42. The van der Waals surface area contributed by atoms with Gasteiger partial charge in [0.25, 0.3) is 0 Å². The van der Waals surface area contributed by atoms with Gasteiger partial charge in [-0.3, -0.25) is 9.71 Å². The Morgan fingerprint density at radius 2 is 1.85 bits per heavy atom. The normalized spacial score (nSPS) is 17.1. The summed E-state index contributed by atoms with van der Waals surface area (Å²) in [5.74, 6) is 0.402. The van der Waals surface area contributed by atoms with Gasteiger partial charge in [0.2, 0.25) is 10.0 Å². The molecule has 1 aliphatic rings. The van der Waals surface area contributed by atoms with E-state index in [2.05, 4.69) is 46.4 Å². The summed E-state index contributed by atoms with van der Waals surface area (Å²) in [7, 11) is -2.05. The lowest BCUT2D eigenvalue weighted by atomic mass is 9.96. The number of thiocarbonyl (C=S) groups is 1. The molecule has 1 aliphatic heterocycles. The number of nitrogens with one attached hydrogen (secondary N) is 2. The van der Waals surface area contributed by atoms with Gasteiger partial charge in [0.05, 0.1) is 36.8 Å². The molecule has 0 amide bonds. The van der Waals surface area contributed by atoms with Gasteiger partial charge in [-0.15, -0.1) is 0 Å². The summed E-state index contributed by atoms with van der Waals surface area (Å²) in [4.78, 5) is 6.66. The van der Waals surface area contributed by atoms with Crippen LogP contribution in [-0.4, -0.2) is 36.4 Å². The van der Waals surface area contributed by atoms with E-state index in [0.29, 0.717) is 27.3 Å². The Labute approximate surface area is 245 Å². The van der Waals surface area contributed by atoms with Crippen LogP contribution in [0.25, 0.3) is 5.69 Å². The van der Waals surface area contributed by atoms with Crippen molar-refractivity contribution >= 4 is 50.3 Å². The molecule has 8 nitrogen and oxygen atoms in total. The van der Waals surface area contributed by atoms with E-state index in [9.17, 15) is 8.42 Å². The molecule has 2 aromatic carbocycles. The van der Waals surface area contributed by atoms with Crippen molar-refractivity contribution in [3.05, 3.63) is 100 Å². The van der Waals surface area contributed by atoms with Gasteiger partial charge in [-0.25, -0.2) is 8.42 Å². The number of rotatable bonds is 7. The molecule has 208 valence electrons. The van der Waals surface area contributed by atoms with E-state index in [0.717, 1.165) is 40.2 Å². The van der Waals surface area contributed by atoms with Crippen LogP contribution in [0.2, 0.25) is 5.02 Å². The number of methoxy groups -OCH3 is 1. The third kappa shape index (κ3) is 5.26. The van der Waals surface area contributed by atoms with Gasteiger partial charge < -0.3 is 19.5 Å². The Bertz CT molecular complexity index is 1710. The molecule has 0 saturated carbocycles. The van der Waals surface area contributed by atoms with Crippen LogP contribution in [0, 0.1) is 20.8 Å². The lowest BCUT2D eigenvalue weighted by Crippen LogP contribution is -2.29. The number of hydrogen-bond donors (Lipinski definition) is 2. The van der Waals surface area contributed by atoms with Crippen LogP contribution >= 0.6 is 23.8 Å². The van der Waals surface area contributed by atoms with Gasteiger partial charge in [0.1, 0.15) is 5.75 Å². The summed E-state index contributed by atoms with van der Waals surface area (Å²) >= 11 is 12.3. The molecule has 4 aromatic rings. The highest BCUT2D eigenvalue weighted by Crippen LogP contribution is 2.45. The lowest BCUT2D eigenvalue weighted by Gasteiger charge is -2.29. The summed E-state index contributed by atoms with van der Waals surface area (Å²) in [6.07, 6.45) is 2.87. The molecule has 0 spiro atoms. The van der Waals surface area contributed by atoms with Crippen molar-refractivity contribution in [1.82, 2.24) is 14.9 Å². The third-order valence-electron chi connectivity index (χ3n) is 7.06. The quantitative estimate of drug-likeness (QED) is 0.253. The number of hydrogen-bond acceptors (Lipinski definition) is 5. The molecule has 3 heterocycles. The number of anilines is 2. The second kappa shape index (κ2) is 10.8. The molecule has 5 rings (SSSR count). The van der Waals surface area contributed by atoms with Crippen LogP contribution in [0.4, 0.5) is 11.4 Å². The van der Waals surface area contributed by atoms with Gasteiger partial charge in [-0.1, -0.05) is 23.7 Å². The largest absolute Gasteiger partial charge is 0.495 e. The first-order valence-electron chi connectivity index (χ1n) is 12.6. The van der Waals surface area contributed by atoms with Crippen molar-refractivity contribution in [2.75, 3.05) is 23.0 Å². The van der Waals surface area contributed by atoms with Crippen molar-refractivity contribution < 1.29 is 13.2 Å². The second-order valence-corrected chi connectivity index (χ2v) is 12.4. The molecular weight excluding hydrogens is 566 g/mol. The van der Waals surface area contributed by atoms with E-state index < -0.39 is 10.0 Å². The first kappa shape index (κ1) is 27.9. The number of aryl methyl sites for hydroxylation is 2. The van der Waals surface area contributed by atoms with Gasteiger partial charge >= 0.3 is 0 Å². The molecule has 0 bridgehead atoms. The summed E-state index contributed by atoms with van der Waals surface area (Å²) < 4.78 is 34.4. The topological polar surface area (TPSA) is 88.5 Å². The van der Waals surface area contributed by atoms with E-state index in [4.69, 9.17) is 28.6 Å². The second-order valence-electron chi connectivity index (χ2n) is 9.85. The fourth-order valence-electron chi connectivity index (χ4n) is 5.36. The van der Waals surface area contributed by atoms with E-state index in [1.54, 1.807) is 18.3 Å². The number of ether oxygens (including phenoxy) is 1. The van der Waals surface area contributed by atoms with Crippen LogP contribution in [0.5, 0.6) is 5.75 Å². The molecule has 2 unspecified atom stereocenters. The third-order valence-corrected chi connectivity index (χ3v) is 8.20. The SMILES string of the molecule is COc1ccc(N2C(=S)NC(c3ccccn3)C2c2cc(C)n(-c3cc(Cl)ccc3C)c2C)cc1NS(C)(=O)=O. The monoisotopic (exact) mass is 595 g/mol. The molecule has 0 radical (unpaired) electrons. The van der Waals surface area contributed by atoms with Crippen LogP contribution in [0.3, 0.4) is 0 Å². The summed E-state index contributed by atoms with van der Waals surface area (Å²) in [5, 5.41) is 4.64. The minimum Gasteiger partial charge on any atom is -0.495 e. The maximum Gasteiger partial charge on any atom is 0.229 e. The Balaban J connectivity index is 1.70. The summed E-state index contributed by atoms with van der Waals surface area (Å²) in [5.41, 5.74) is 7.10. The zero-order valence-electron chi connectivity index (χ0n) is 22.8. The van der Waals surface area contributed by atoms with E-state index in [1.807, 2.05) is 47.4 Å². The maximum atomic E-state index is 12.1. The molecule has 2 N–H and O–H groups in total. The maximum absolute atomic E-state index is 12.1. The minimum atomic E-state index is -3.55. The van der Waals surface area contributed by atoms with Crippen LogP contribution in [-0.2, 0) is 10.0 Å². The van der Waals surface area contributed by atoms with Crippen molar-refractivity contribution in [3.63, 3.8) is 0 Å². The van der Waals surface area contributed by atoms with E-state index in [1.165, 1.54) is 7.11 Å². The standard InChI is InChI=1S/C29H30ClN5O3S2/c1-17-9-10-20(30)15-25(17)34-18(2)14-22(19(34)3)28-27(23-8-6-7-13-31-23)32-29(39)35(28)21-11-12-26(38-4)24(16-21)33-40(5,36)37/h6-16,27-28,33H,1-5H3,(H,32,39). The van der Waals surface area contributed by atoms with Crippen LogP contribution < -0.4 is 19.7 Å². The molecule has 1 saturated heterocycles. The molecule has 0 aliphatic carbocycles. The molecule has 2 atom stereocenters. The fraction of sp³-hybridized carbons (Fsp3) is 0.241. The highest BCUT2D eigenvalue weighted by molar-refractivity contribution is 7.92. The minimum absolute atomic E-state index is 0.267. The van der Waals surface area contributed by atoms with Gasteiger partial charge in [-0.05, 0) is 92.6 Å². The Hall–Kier alpha value is -3.60. The zero-order valence-corrected chi connectivity index (χ0v) is 25.2. The molecule has 2 aromatic heterocycles. The molecule has 1 fully saturated rings. The predicted molar refractivity (Wildman–Crippen MR) is 164 cm³/mol. The highest BCUT2D eigenvalue weighted by atomic mass is 35.5. The smallest absolute Gasteiger partial charge is 0.229 e. The summed E-state index contributed by atoms with van der Waals surface area (Å²) in [6.45, 7) is 6.22. The molecule has 11 heteroatoms. The number of halogens is 1. The zero-order chi connectivity index (χ0) is 28.8. The average Bonchev–Trinajstić information content (AvgIpc) is 3.40. The Morgan fingerprint density at radius 3 is 2.52 bits per heavy atom. The molecule has 40 heavy (non-hydrogen) atoms. The van der Waals surface area contributed by atoms with Gasteiger partial charge in [0.15, 0.2) is 5.11 Å². The Kier molecular flexibility index (Phi) is 7.52. The number of sulfonamides is 1. The molecular formula is C29H30ClN5O3S2. The first-order chi connectivity index (χ1) is 19.0. The fourth-order valence-corrected chi connectivity index (χ4v) is 6.43. The van der Waals surface area contributed by atoms with Gasteiger partial charge in [-0.2, -0.15) is 0 Å². The van der Waals surface area contributed by atoms with Gasteiger partial charge in [0, 0.05) is 34.0 Å². The number of nitrogens with zero attached hydrogens (tertiary/aromatic N) is 3. The van der Waals surface area contributed by atoms with Crippen molar-refractivity contribution in [3.8, 4) is 11.4 Å². The predicted octanol–water partition coefficient (Wildman–Crippen LogP) is 6.01. The number of aromatic nitrogens is 2. The van der Waals surface area contributed by atoms with Crippen molar-refractivity contribution in [2.24, 2.45) is 0 Å². The lowest BCUT2D eigenvalue weighted by molar-refractivity contribution is 0.417. The first-order valence-corrected chi connectivity index (χ1v) is 15.3. The summed E-state index contributed by atoms with van der Waals surface area (Å²) in [6, 6.07) is 18.6. The van der Waals surface area contributed by atoms with Crippen LogP contribution in [0.1, 0.15) is 40.3 Å². The van der Waals surface area contributed by atoms with E-state index >= 15 is 0 Å². The van der Waals surface area contributed by atoms with Crippen molar-refractivity contribution in [2.45, 2.75) is 32.9 Å². The number of pyridine rings is 1. The Morgan fingerprint density at radius 1 is 1.07 bits per heavy atom. The number of benzene rings is 2. The van der Waals surface area contributed by atoms with Crippen molar-refractivity contribution in [1.29, 1.82) is 0 Å². The van der Waals surface area contributed by atoms with E-state index in [-0.39, 0.29) is 12.1 Å². The van der Waals surface area contributed by atoms with Crippen LogP contribution in [0.15, 0.2) is 66.9 Å².